The van der Waals surface area contributed by atoms with Gasteiger partial charge in [0, 0.05) is 32.5 Å². The van der Waals surface area contributed by atoms with Gasteiger partial charge in [-0.15, -0.1) is 0 Å². The van der Waals surface area contributed by atoms with Gasteiger partial charge in [-0.2, -0.15) is 9.57 Å². The number of aliphatic hydroxyl groups is 1. The van der Waals surface area contributed by atoms with Crippen LogP contribution < -0.4 is 4.74 Å². The molecule has 176 valence electrons. The first kappa shape index (κ1) is 24.7. The van der Waals surface area contributed by atoms with E-state index in [2.05, 4.69) is 6.07 Å². The second-order valence-corrected chi connectivity index (χ2v) is 10.3. The number of fused-ring (bicyclic) bond motifs is 1. The number of hydrogen-bond acceptors (Lipinski definition) is 6. The second-order valence-electron chi connectivity index (χ2n) is 8.49. The number of nitrogens with zero attached hydrogens (tertiary/aromatic N) is 3. The van der Waals surface area contributed by atoms with E-state index in [1.165, 1.54) is 17.3 Å². The summed E-state index contributed by atoms with van der Waals surface area (Å²) in [6.45, 7) is 5.13. The Balaban J connectivity index is 2.13. The van der Waals surface area contributed by atoms with Crippen LogP contribution in [-0.2, 0) is 14.8 Å². The average Bonchev–Trinajstić information content (AvgIpc) is 2.80. The number of carbonyl (C=O) groups is 1. The number of aliphatic hydroxyl groups excluding tert-OH is 1. The Hall–Kier alpha value is -2.93. The molecule has 3 atom stereocenters. The van der Waals surface area contributed by atoms with Crippen molar-refractivity contribution >= 4 is 15.9 Å². The third kappa shape index (κ3) is 5.19. The summed E-state index contributed by atoms with van der Waals surface area (Å²) < 4.78 is 34.6. The molecule has 0 aliphatic carbocycles. The number of carbonyl (C=O) groups excluding carboxylic acids is 1. The molecule has 0 fully saturated rings. The summed E-state index contributed by atoms with van der Waals surface area (Å²) in [6.07, 6.45) is -0.460. The topological polar surface area (TPSA) is 111 Å². The van der Waals surface area contributed by atoms with Crippen LogP contribution in [0.5, 0.6) is 5.75 Å². The van der Waals surface area contributed by atoms with Crippen LogP contribution in [0.2, 0.25) is 0 Å². The van der Waals surface area contributed by atoms with E-state index in [0.717, 1.165) is 11.1 Å². The first-order chi connectivity index (χ1) is 15.6. The molecule has 0 aromatic heterocycles. The summed E-state index contributed by atoms with van der Waals surface area (Å²) in [5, 5.41) is 18.8. The van der Waals surface area contributed by atoms with Gasteiger partial charge in [0.15, 0.2) is 0 Å². The SMILES string of the molecule is CC(=O)N(C)C[C@@H]1Oc2cc(-c3ccc(C#N)cc3)ccc2S(=O)(=O)N([C@H](C)CO)C[C@H]1C. The number of hydrogen-bond donors (Lipinski definition) is 1. The highest BCUT2D eigenvalue weighted by Crippen LogP contribution is 2.36. The Labute approximate surface area is 195 Å². The van der Waals surface area contributed by atoms with Gasteiger partial charge in [0.05, 0.1) is 24.8 Å². The molecule has 9 heteroatoms. The Bertz CT molecular complexity index is 1160. The molecule has 1 aliphatic heterocycles. The van der Waals surface area contributed by atoms with Gasteiger partial charge in [-0.3, -0.25) is 4.79 Å². The molecule has 33 heavy (non-hydrogen) atoms. The maximum atomic E-state index is 13.5. The fourth-order valence-corrected chi connectivity index (χ4v) is 5.58. The van der Waals surface area contributed by atoms with Gasteiger partial charge in [0.2, 0.25) is 15.9 Å². The minimum atomic E-state index is -3.94. The molecule has 0 saturated heterocycles. The van der Waals surface area contributed by atoms with Crippen molar-refractivity contribution in [1.29, 1.82) is 5.26 Å². The average molecular weight is 472 g/mol. The van der Waals surface area contributed by atoms with Gasteiger partial charge in [-0.25, -0.2) is 8.42 Å². The van der Waals surface area contributed by atoms with E-state index in [1.54, 1.807) is 55.3 Å². The van der Waals surface area contributed by atoms with Crippen molar-refractivity contribution in [2.24, 2.45) is 5.92 Å². The van der Waals surface area contributed by atoms with Crippen LogP contribution >= 0.6 is 0 Å². The molecular weight excluding hydrogens is 442 g/mol. The van der Waals surface area contributed by atoms with E-state index >= 15 is 0 Å². The Morgan fingerprint density at radius 1 is 1.27 bits per heavy atom. The smallest absolute Gasteiger partial charge is 0.247 e. The lowest BCUT2D eigenvalue weighted by atomic mass is 10.0. The molecule has 0 unspecified atom stereocenters. The molecule has 1 amide bonds. The fourth-order valence-electron chi connectivity index (χ4n) is 3.76. The Morgan fingerprint density at radius 2 is 1.91 bits per heavy atom. The number of sulfonamides is 1. The molecule has 3 rings (SSSR count). The lowest BCUT2D eigenvalue weighted by Gasteiger charge is -2.37. The zero-order chi connectivity index (χ0) is 24.3. The number of nitriles is 1. The highest BCUT2D eigenvalue weighted by atomic mass is 32.2. The summed E-state index contributed by atoms with van der Waals surface area (Å²) in [4.78, 5) is 13.4. The summed E-state index contributed by atoms with van der Waals surface area (Å²) >= 11 is 0. The van der Waals surface area contributed by atoms with E-state index in [9.17, 15) is 18.3 Å². The molecule has 1 heterocycles. The number of benzene rings is 2. The molecule has 0 spiro atoms. The van der Waals surface area contributed by atoms with Crippen LogP contribution in [0.4, 0.5) is 0 Å². The first-order valence-corrected chi connectivity index (χ1v) is 12.2. The number of amides is 1. The van der Waals surface area contributed by atoms with Crippen LogP contribution in [0.1, 0.15) is 26.3 Å². The van der Waals surface area contributed by atoms with E-state index in [-0.39, 0.29) is 35.6 Å². The van der Waals surface area contributed by atoms with E-state index in [0.29, 0.717) is 12.1 Å². The lowest BCUT2D eigenvalue weighted by Crippen LogP contribution is -2.50. The predicted molar refractivity (Wildman–Crippen MR) is 124 cm³/mol. The maximum absolute atomic E-state index is 13.5. The standard InChI is InChI=1S/C24H29N3O5S/c1-16-13-27(17(2)15-28)33(30,31)24-10-9-21(20-7-5-19(12-25)6-8-20)11-22(24)32-23(16)14-26(4)18(3)29/h5-11,16-17,23,28H,13-15H2,1-4H3/t16-,17-,23+/m1/s1. The monoisotopic (exact) mass is 471 g/mol. The largest absolute Gasteiger partial charge is 0.487 e. The second kappa shape index (κ2) is 9.91. The van der Waals surface area contributed by atoms with Crippen molar-refractivity contribution in [3.63, 3.8) is 0 Å². The quantitative estimate of drug-likeness (QED) is 0.717. The minimum absolute atomic E-state index is 0.0163. The van der Waals surface area contributed by atoms with Crippen LogP contribution in [0, 0.1) is 17.2 Å². The van der Waals surface area contributed by atoms with Crippen molar-refractivity contribution in [3.05, 3.63) is 48.0 Å². The van der Waals surface area contributed by atoms with Gasteiger partial charge >= 0.3 is 0 Å². The van der Waals surface area contributed by atoms with Crippen LogP contribution in [0.15, 0.2) is 47.4 Å². The predicted octanol–water partition coefficient (Wildman–Crippen LogP) is 2.47. The molecule has 2 aromatic rings. The van der Waals surface area contributed by atoms with Crippen LogP contribution in [-0.4, -0.2) is 67.5 Å². The number of ether oxygens (including phenoxy) is 1. The zero-order valence-corrected chi connectivity index (χ0v) is 20.0. The summed E-state index contributed by atoms with van der Waals surface area (Å²) in [5.74, 6) is -0.171. The third-order valence-electron chi connectivity index (χ3n) is 6.01. The van der Waals surface area contributed by atoms with Gasteiger partial charge in [0.25, 0.3) is 0 Å². The Kier molecular flexibility index (Phi) is 7.42. The minimum Gasteiger partial charge on any atom is -0.487 e. The van der Waals surface area contributed by atoms with Crippen molar-refractivity contribution in [3.8, 4) is 22.9 Å². The summed E-state index contributed by atoms with van der Waals surface area (Å²) in [7, 11) is -2.26. The van der Waals surface area contributed by atoms with E-state index < -0.39 is 22.2 Å². The zero-order valence-electron chi connectivity index (χ0n) is 19.2. The summed E-state index contributed by atoms with van der Waals surface area (Å²) in [5.41, 5.74) is 2.08. The highest BCUT2D eigenvalue weighted by Gasteiger charge is 2.38. The van der Waals surface area contributed by atoms with Crippen molar-refractivity contribution in [2.45, 2.75) is 37.8 Å². The van der Waals surface area contributed by atoms with Gasteiger partial charge in [-0.1, -0.05) is 25.1 Å². The number of rotatable bonds is 5. The lowest BCUT2D eigenvalue weighted by molar-refractivity contribution is -0.129. The number of likely N-dealkylation sites (N-methyl/N-ethyl adjacent to an activating group) is 1. The van der Waals surface area contributed by atoms with Crippen molar-refractivity contribution in [2.75, 3.05) is 26.7 Å². The molecule has 0 radical (unpaired) electrons. The van der Waals surface area contributed by atoms with Gasteiger partial charge in [0.1, 0.15) is 16.7 Å². The van der Waals surface area contributed by atoms with Crippen LogP contribution in [0.25, 0.3) is 11.1 Å². The molecule has 0 bridgehead atoms. The van der Waals surface area contributed by atoms with Crippen molar-refractivity contribution < 1.29 is 23.1 Å². The third-order valence-corrected chi connectivity index (χ3v) is 8.03. The fraction of sp³-hybridized carbons (Fsp3) is 0.417. The summed E-state index contributed by atoms with van der Waals surface area (Å²) in [6, 6.07) is 13.3. The van der Waals surface area contributed by atoms with E-state index in [1.807, 2.05) is 6.92 Å². The highest BCUT2D eigenvalue weighted by molar-refractivity contribution is 7.89. The van der Waals surface area contributed by atoms with E-state index in [4.69, 9.17) is 10.00 Å². The molecular formula is C24H29N3O5S. The van der Waals surface area contributed by atoms with Gasteiger partial charge in [-0.05, 0) is 42.3 Å². The molecule has 1 N–H and O–H groups in total. The Morgan fingerprint density at radius 3 is 2.48 bits per heavy atom. The molecule has 1 aliphatic rings. The van der Waals surface area contributed by atoms with Crippen LogP contribution in [0.3, 0.4) is 0 Å². The normalized spacial score (nSPS) is 21.0. The van der Waals surface area contributed by atoms with Gasteiger partial charge < -0.3 is 14.7 Å². The van der Waals surface area contributed by atoms with Crippen molar-refractivity contribution in [1.82, 2.24) is 9.21 Å². The maximum Gasteiger partial charge on any atom is 0.247 e. The molecule has 0 saturated carbocycles. The molecule has 8 nitrogen and oxygen atoms in total. The molecule has 2 aromatic carbocycles. The first-order valence-electron chi connectivity index (χ1n) is 10.7.